The van der Waals surface area contributed by atoms with Crippen molar-refractivity contribution in [2.24, 2.45) is 0 Å². The lowest BCUT2D eigenvalue weighted by Gasteiger charge is -2.29. The van der Waals surface area contributed by atoms with Gasteiger partial charge in [0, 0.05) is 17.3 Å². The van der Waals surface area contributed by atoms with E-state index >= 15 is 0 Å². The Morgan fingerprint density at radius 2 is 1.97 bits per heavy atom. The summed E-state index contributed by atoms with van der Waals surface area (Å²) in [5.74, 6) is -2.21. The van der Waals surface area contributed by atoms with E-state index in [4.69, 9.17) is 10.5 Å². The zero-order chi connectivity index (χ0) is 23.5. The number of ketones is 3. The molecule has 1 aromatic heterocycles. The first-order valence-electron chi connectivity index (χ1n) is 9.69. The van der Waals surface area contributed by atoms with Gasteiger partial charge in [-0.3, -0.25) is 19.5 Å². The lowest BCUT2D eigenvalue weighted by molar-refractivity contribution is -0.123. The van der Waals surface area contributed by atoms with Crippen LogP contribution in [0.15, 0.2) is 23.1 Å². The molecule has 1 unspecified atom stereocenters. The molecule has 0 saturated heterocycles. The number of ether oxygens (including phenoxy) is 1. The minimum Gasteiger partial charge on any atom is -0.507 e. The number of H-pyrrole nitrogens is 1. The number of anilines is 1. The number of rotatable bonds is 4. The van der Waals surface area contributed by atoms with Gasteiger partial charge < -0.3 is 26.0 Å². The number of nitrogens with one attached hydrogen (secondary N) is 2. The van der Waals surface area contributed by atoms with Crippen LogP contribution < -0.4 is 15.8 Å². The van der Waals surface area contributed by atoms with Crippen molar-refractivity contribution in [1.29, 1.82) is 0 Å². The largest absolute Gasteiger partial charge is 0.507 e. The Bertz CT molecular complexity index is 1290. The second-order valence-corrected chi connectivity index (χ2v) is 7.88. The minimum atomic E-state index is -1.56. The summed E-state index contributed by atoms with van der Waals surface area (Å²) in [5.41, 5.74) is 3.97. The van der Waals surface area contributed by atoms with Gasteiger partial charge >= 0.3 is 0 Å². The van der Waals surface area contributed by atoms with Crippen LogP contribution in [0.3, 0.4) is 0 Å². The number of phenolic OH excluding ortho intramolecular Hbond substituents is 2. The summed E-state index contributed by atoms with van der Waals surface area (Å²) in [4.78, 5) is 42.6. The molecule has 0 radical (unpaired) electrons. The number of aromatic amines is 1. The molecule has 0 saturated carbocycles. The van der Waals surface area contributed by atoms with E-state index in [1.54, 1.807) is 6.92 Å². The lowest BCUT2D eigenvalue weighted by atomic mass is 9.70. The highest BCUT2D eigenvalue weighted by molar-refractivity contribution is 6.31. The summed E-state index contributed by atoms with van der Waals surface area (Å²) in [7, 11) is 0. The Kier molecular flexibility index (Phi) is 4.57. The molecule has 1 aliphatic heterocycles. The second kappa shape index (κ2) is 6.94. The average molecular weight is 439 g/mol. The normalized spacial score (nSPS) is 20.9. The predicted molar refractivity (Wildman–Crippen MR) is 111 cm³/mol. The highest BCUT2D eigenvalue weighted by Crippen LogP contribution is 2.57. The highest BCUT2D eigenvalue weighted by atomic mass is 16.5. The summed E-state index contributed by atoms with van der Waals surface area (Å²) in [6, 6.07) is 0. The molecule has 32 heavy (non-hydrogen) atoms. The zero-order valence-electron chi connectivity index (χ0n) is 17.8. The molecule has 2 aliphatic rings. The Morgan fingerprint density at radius 3 is 2.56 bits per heavy atom. The Balaban J connectivity index is 1.84. The molecule has 1 atom stereocenters. The third-order valence-electron chi connectivity index (χ3n) is 5.83. The summed E-state index contributed by atoms with van der Waals surface area (Å²) in [6.45, 7) is 5.86. The molecule has 166 valence electrons. The average Bonchev–Trinajstić information content (AvgIpc) is 3.26. The number of Topliss-reactive ketones (excluding diaryl/α,β-unsaturated/α-hetero) is 2. The molecular formula is C21H21N5O6. The number of phenols is 2. The maximum atomic E-state index is 13.6. The number of fused-ring (bicyclic) bond motifs is 3. The van der Waals surface area contributed by atoms with E-state index in [1.807, 2.05) is 0 Å². The third-order valence-corrected chi connectivity index (χ3v) is 5.83. The fraction of sp³-hybridized carbons (Fsp3) is 0.286. The highest BCUT2D eigenvalue weighted by Gasteiger charge is 2.56. The van der Waals surface area contributed by atoms with Crippen molar-refractivity contribution in [2.45, 2.75) is 39.7 Å². The number of carbonyl (C=O) groups excluding carboxylic acids is 3. The van der Waals surface area contributed by atoms with Crippen LogP contribution in [-0.2, 0) is 21.5 Å². The van der Waals surface area contributed by atoms with Gasteiger partial charge in [-0.25, -0.2) is 0 Å². The molecule has 2 heterocycles. The molecule has 11 heteroatoms. The van der Waals surface area contributed by atoms with Gasteiger partial charge in [-0.2, -0.15) is 4.98 Å². The van der Waals surface area contributed by atoms with Crippen LogP contribution >= 0.6 is 0 Å². The molecule has 0 amide bonds. The van der Waals surface area contributed by atoms with Crippen LogP contribution in [0.1, 0.15) is 48.1 Å². The van der Waals surface area contributed by atoms with Crippen LogP contribution in [0.2, 0.25) is 0 Å². The van der Waals surface area contributed by atoms with Gasteiger partial charge in [0.1, 0.15) is 39.8 Å². The second-order valence-electron chi connectivity index (χ2n) is 7.88. The number of nitrogen functional groups attached to an aromatic ring is 1. The molecule has 11 nitrogen and oxygen atoms in total. The van der Waals surface area contributed by atoms with E-state index in [0.717, 1.165) is 6.08 Å². The van der Waals surface area contributed by atoms with Crippen LogP contribution in [0.5, 0.6) is 17.2 Å². The maximum absolute atomic E-state index is 13.6. The standard InChI is InChI=1S/C21H21N5O6/c1-7-16(29)14(9(3)27)18-15(17(7)30)21(4)11(32-18)5-10(28)13(19(21)31)8(2)23-6-12-24-20(22)26-25-12/h5,23,29-30H,6H2,1-4H3,(H3,22,24,25,26). The number of benzene rings is 1. The van der Waals surface area contributed by atoms with Crippen molar-refractivity contribution in [3.05, 3.63) is 45.6 Å². The molecular weight excluding hydrogens is 418 g/mol. The van der Waals surface area contributed by atoms with E-state index in [2.05, 4.69) is 20.5 Å². The minimum absolute atomic E-state index is 0.0233. The van der Waals surface area contributed by atoms with Crippen LogP contribution in [-0.4, -0.2) is 42.7 Å². The SMILES string of the molecule is CC(=O)c1c(O)c(C)c(O)c2c1OC1=CC(=O)C(=C(C)NCc3nc(N)n[nH]3)C(=O)C12C. The van der Waals surface area contributed by atoms with Gasteiger partial charge in [0.15, 0.2) is 17.3 Å². The first-order chi connectivity index (χ1) is 15.0. The summed E-state index contributed by atoms with van der Waals surface area (Å²) in [5, 5.41) is 30.5. The molecule has 0 spiro atoms. The van der Waals surface area contributed by atoms with Crippen LogP contribution in [0.4, 0.5) is 5.95 Å². The van der Waals surface area contributed by atoms with Gasteiger partial charge in [-0.15, -0.1) is 5.10 Å². The fourth-order valence-electron chi connectivity index (χ4n) is 4.06. The van der Waals surface area contributed by atoms with Crippen molar-refractivity contribution >= 4 is 23.3 Å². The van der Waals surface area contributed by atoms with E-state index in [1.165, 1.54) is 20.8 Å². The lowest BCUT2D eigenvalue weighted by Crippen LogP contribution is -2.41. The molecule has 6 N–H and O–H groups in total. The predicted octanol–water partition coefficient (Wildman–Crippen LogP) is 1.06. The van der Waals surface area contributed by atoms with Gasteiger partial charge in [0.2, 0.25) is 5.95 Å². The van der Waals surface area contributed by atoms with E-state index < -0.39 is 28.5 Å². The topological polar surface area (TPSA) is 181 Å². The maximum Gasteiger partial charge on any atom is 0.239 e. The number of nitrogens with zero attached hydrogens (tertiary/aromatic N) is 2. The number of aromatic nitrogens is 3. The zero-order valence-corrected chi connectivity index (χ0v) is 17.8. The van der Waals surface area contributed by atoms with Crippen molar-refractivity contribution < 1.29 is 29.3 Å². The number of allylic oxidation sites excluding steroid dienone is 4. The molecule has 1 aliphatic carbocycles. The van der Waals surface area contributed by atoms with E-state index in [9.17, 15) is 24.6 Å². The number of aromatic hydroxyl groups is 2. The molecule has 2 aromatic rings. The van der Waals surface area contributed by atoms with Gasteiger partial charge in [-0.05, 0) is 27.7 Å². The molecule has 1 aromatic carbocycles. The monoisotopic (exact) mass is 439 g/mol. The quantitative estimate of drug-likeness (QED) is 0.262. The van der Waals surface area contributed by atoms with Gasteiger partial charge in [-0.1, -0.05) is 0 Å². The molecule has 0 bridgehead atoms. The van der Waals surface area contributed by atoms with Crippen molar-refractivity contribution in [1.82, 2.24) is 20.5 Å². The van der Waals surface area contributed by atoms with Crippen molar-refractivity contribution in [3.63, 3.8) is 0 Å². The van der Waals surface area contributed by atoms with E-state index in [0.29, 0.717) is 5.82 Å². The Hall–Kier alpha value is -4.15. The fourth-order valence-corrected chi connectivity index (χ4v) is 4.06. The first kappa shape index (κ1) is 21.1. The van der Waals surface area contributed by atoms with Crippen LogP contribution in [0, 0.1) is 6.92 Å². The number of carbonyl (C=O) groups is 3. The van der Waals surface area contributed by atoms with Gasteiger partial charge in [0.25, 0.3) is 0 Å². The molecule has 0 fully saturated rings. The smallest absolute Gasteiger partial charge is 0.239 e. The number of hydrogen-bond donors (Lipinski definition) is 5. The molecule has 4 rings (SSSR count). The summed E-state index contributed by atoms with van der Waals surface area (Å²) < 4.78 is 5.72. The summed E-state index contributed by atoms with van der Waals surface area (Å²) >= 11 is 0. The van der Waals surface area contributed by atoms with Crippen molar-refractivity contribution in [3.8, 4) is 17.2 Å². The van der Waals surface area contributed by atoms with Crippen LogP contribution in [0.25, 0.3) is 0 Å². The number of nitrogens with two attached hydrogens (primary N) is 1. The number of hydrogen-bond acceptors (Lipinski definition) is 10. The summed E-state index contributed by atoms with van der Waals surface area (Å²) in [6.07, 6.45) is 1.16. The third kappa shape index (κ3) is 2.77. The van der Waals surface area contributed by atoms with E-state index in [-0.39, 0.29) is 57.7 Å². The first-order valence-corrected chi connectivity index (χ1v) is 9.69. The van der Waals surface area contributed by atoms with Gasteiger partial charge in [0.05, 0.1) is 17.7 Å². The Labute approximate surface area is 182 Å². The van der Waals surface area contributed by atoms with Crippen molar-refractivity contribution in [2.75, 3.05) is 5.73 Å². The Morgan fingerprint density at radius 1 is 1.28 bits per heavy atom.